The molecule has 1 saturated heterocycles. The van der Waals surface area contributed by atoms with Gasteiger partial charge in [-0.1, -0.05) is 19.8 Å². The van der Waals surface area contributed by atoms with Crippen LogP contribution in [0, 0.1) is 4.77 Å². The molecular formula is C14H25N5S. The Labute approximate surface area is 126 Å². The van der Waals surface area contributed by atoms with Crippen LogP contribution in [0.5, 0.6) is 0 Å². The summed E-state index contributed by atoms with van der Waals surface area (Å²) in [5, 5.41) is 7.55. The van der Waals surface area contributed by atoms with Gasteiger partial charge in [-0.25, -0.2) is 5.10 Å². The minimum absolute atomic E-state index is 0.552. The summed E-state index contributed by atoms with van der Waals surface area (Å²) in [5.74, 6) is 1.06. The van der Waals surface area contributed by atoms with Crippen LogP contribution in [-0.4, -0.2) is 52.4 Å². The summed E-state index contributed by atoms with van der Waals surface area (Å²) in [7, 11) is 2.22. The Kier molecular flexibility index (Phi) is 4.12. The van der Waals surface area contributed by atoms with Gasteiger partial charge in [0.15, 0.2) is 4.77 Å². The molecule has 0 bridgehead atoms. The maximum Gasteiger partial charge on any atom is 0.226 e. The van der Waals surface area contributed by atoms with Crippen molar-refractivity contribution in [3.05, 3.63) is 4.77 Å². The van der Waals surface area contributed by atoms with Gasteiger partial charge in [-0.2, -0.15) is 0 Å². The molecule has 1 saturated carbocycles. The standard InChI is InChI=1S/C14H25N5S/c1-3-11-10-18(9-8-17(11)2)13-15-16-14(20)19(13)12-6-4-5-7-12/h11-12H,3-10H2,1-2H3,(H,16,20). The van der Waals surface area contributed by atoms with E-state index in [1.165, 1.54) is 32.1 Å². The van der Waals surface area contributed by atoms with E-state index in [2.05, 4.69) is 38.5 Å². The molecule has 2 heterocycles. The minimum Gasteiger partial charge on any atom is -0.338 e. The molecule has 6 heteroatoms. The number of aromatic amines is 1. The lowest BCUT2D eigenvalue weighted by molar-refractivity contribution is 0.211. The number of likely N-dealkylation sites (N-methyl/N-ethyl adjacent to an activating group) is 1. The van der Waals surface area contributed by atoms with Gasteiger partial charge in [0, 0.05) is 31.7 Å². The zero-order chi connectivity index (χ0) is 14.1. The normalized spacial score (nSPS) is 25.5. The summed E-state index contributed by atoms with van der Waals surface area (Å²) >= 11 is 5.47. The Morgan fingerprint density at radius 3 is 2.75 bits per heavy atom. The Balaban J connectivity index is 1.85. The molecule has 5 nitrogen and oxygen atoms in total. The zero-order valence-electron chi connectivity index (χ0n) is 12.5. The van der Waals surface area contributed by atoms with E-state index < -0.39 is 0 Å². The van der Waals surface area contributed by atoms with E-state index in [0.29, 0.717) is 12.1 Å². The molecule has 0 radical (unpaired) electrons. The van der Waals surface area contributed by atoms with Crippen LogP contribution < -0.4 is 4.90 Å². The van der Waals surface area contributed by atoms with Gasteiger partial charge in [0.05, 0.1) is 0 Å². The lowest BCUT2D eigenvalue weighted by Gasteiger charge is -2.39. The summed E-state index contributed by atoms with van der Waals surface area (Å²) in [6.45, 7) is 5.46. The van der Waals surface area contributed by atoms with E-state index in [-0.39, 0.29) is 0 Å². The van der Waals surface area contributed by atoms with Crippen LogP contribution in [-0.2, 0) is 0 Å². The van der Waals surface area contributed by atoms with Gasteiger partial charge in [-0.3, -0.25) is 9.47 Å². The smallest absolute Gasteiger partial charge is 0.226 e. The molecule has 2 aliphatic rings. The Morgan fingerprint density at radius 1 is 1.30 bits per heavy atom. The van der Waals surface area contributed by atoms with Crippen molar-refractivity contribution in [3.63, 3.8) is 0 Å². The number of nitrogens with zero attached hydrogens (tertiary/aromatic N) is 4. The molecule has 1 N–H and O–H groups in total. The van der Waals surface area contributed by atoms with Crippen LogP contribution in [0.3, 0.4) is 0 Å². The second-order valence-electron chi connectivity index (χ2n) is 6.13. The monoisotopic (exact) mass is 295 g/mol. The topological polar surface area (TPSA) is 40.1 Å². The molecular weight excluding hydrogens is 270 g/mol. The molecule has 112 valence electrons. The number of anilines is 1. The van der Waals surface area contributed by atoms with Crippen LogP contribution in [0.25, 0.3) is 0 Å². The molecule has 1 unspecified atom stereocenters. The quantitative estimate of drug-likeness (QED) is 0.870. The maximum absolute atomic E-state index is 5.47. The number of piperazine rings is 1. The number of nitrogens with one attached hydrogen (secondary N) is 1. The highest BCUT2D eigenvalue weighted by Crippen LogP contribution is 2.33. The van der Waals surface area contributed by atoms with E-state index in [0.717, 1.165) is 30.4 Å². The van der Waals surface area contributed by atoms with Crippen LogP contribution >= 0.6 is 12.2 Å². The first-order valence-corrected chi connectivity index (χ1v) is 8.23. The molecule has 0 amide bonds. The number of hydrogen-bond donors (Lipinski definition) is 1. The summed E-state index contributed by atoms with van der Waals surface area (Å²) in [5.41, 5.74) is 0. The number of aromatic nitrogens is 3. The summed E-state index contributed by atoms with van der Waals surface area (Å²) in [6.07, 6.45) is 6.30. The second-order valence-corrected chi connectivity index (χ2v) is 6.51. The Morgan fingerprint density at radius 2 is 2.05 bits per heavy atom. The van der Waals surface area contributed by atoms with Gasteiger partial charge in [0.1, 0.15) is 0 Å². The lowest BCUT2D eigenvalue weighted by Crippen LogP contribution is -2.52. The average molecular weight is 295 g/mol. The van der Waals surface area contributed by atoms with E-state index >= 15 is 0 Å². The predicted molar refractivity (Wildman–Crippen MR) is 83.8 cm³/mol. The number of hydrogen-bond acceptors (Lipinski definition) is 4. The third kappa shape index (κ3) is 2.51. The van der Waals surface area contributed by atoms with Crippen molar-refractivity contribution in [3.8, 4) is 0 Å². The van der Waals surface area contributed by atoms with Crippen LogP contribution in [0.15, 0.2) is 0 Å². The van der Waals surface area contributed by atoms with Gasteiger partial charge in [0.25, 0.3) is 0 Å². The number of rotatable bonds is 3. The van der Waals surface area contributed by atoms with Crippen molar-refractivity contribution in [2.24, 2.45) is 0 Å². The molecule has 20 heavy (non-hydrogen) atoms. The molecule has 1 atom stereocenters. The lowest BCUT2D eigenvalue weighted by atomic mass is 10.1. The molecule has 0 aromatic carbocycles. The highest BCUT2D eigenvalue weighted by molar-refractivity contribution is 7.71. The molecule has 2 fully saturated rings. The predicted octanol–water partition coefficient (Wildman–Crippen LogP) is 2.59. The van der Waals surface area contributed by atoms with E-state index in [1.54, 1.807) is 0 Å². The van der Waals surface area contributed by atoms with Crippen molar-refractivity contribution in [2.45, 2.75) is 51.1 Å². The third-order valence-corrected chi connectivity index (χ3v) is 5.19. The van der Waals surface area contributed by atoms with Crippen LogP contribution in [0.1, 0.15) is 45.1 Å². The molecule has 1 aliphatic carbocycles. The van der Waals surface area contributed by atoms with Gasteiger partial charge < -0.3 is 4.90 Å². The first kappa shape index (κ1) is 14.1. The van der Waals surface area contributed by atoms with E-state index in [4.69, 9.17) is 12.2 Å². The minimum atomic E-state index is 0.552. The third-order valence-electron chi connectivity index (χ3n) is 4.91. The maximum atomic E-state index is 5.47. The summed E-state index contributed by atoms with van der Waals surface area (Å²) in [6, 6.07) is 1.17. The molecule has 1 aromatic rings. The average Bonchev–Trinajstić information content (AvgIpc) is 3.08. The molecule has 0 spiro atoms. The Hall–Kier alpha value is -0.880. The molecule has 1 aromatic heterocycles. The largest absolute Gasteiger partial charge is 0.338 e. The second kappa shape index (κ2) is 5.85. The van der Waals surface area contributed by atoms with Crippen molar-refractivity contribution in [2.75, 3.05) is 31.6 Å². The molecule has 1 aliphatic heterocycles. The fourth-order valence-electron chi connectivity index (χ4n) is 3.58. The summed E-state index contributed by atoms with van der Waals surface area (Å²) in [4.78, 5) is 4.87. The van der Waals surface area contributed by atoms with Gasteiger partial charge in [-0.15, -0.1) is 5.10 Å². The van der Waals surface area contributed by atoms with Crippen molar-refractivity contribution in [1.29, 1.82) is 0 Å². The van der Waals surface area contributed by atoms with Crippen LogP contribution in [0.2, 0.25) is 0 Å². The SMILES string of the molecule is CCC1CN(c2n[nH]c(=S)n2C2CCCC2)CCN1C. The molecule has 3 rings (SSSR count). The fourth-order valence-corrected chi connectivity index (χ4v) is 3.86. The van der Waals surface area contributed by atoms with Gasteiger partial charge in [0.2, 0.25) is 5.95 Å². The van der Waals surface area contributed by atoms with E-state index in [1.807, 2.05) is 0 Å². The number of H-pyrrole nitrogens is 1. The fraction of sp³-hybridized carbons (Fsp3) is 0.857. The van der Waals surface area contributed by atoms with Crippen molar-refractivity contribution >= 4 is 18.2 Å². The first-order chi connectivity index (χ1) is 9.70. The van der Waals surface area contributed by atoms with Crippen molar-refractivity contribution in [1.82, 2.24) is 19.7 Å². The highest BCUT2D eigenvalue weighted by atomic mass is 32.1. The van der Waals surface area contributed by atoms with E-state index in [9.17, 15) is 0 Å². The first-order valence-electron chi connectivity index (χ1n) is 7.82. The Bertz CT molecular complexity index is 502. The van der Waals surface area contributed by atoms with Gasteiger partial charge >= 0.3 is 0 Å². The van der Waals surface area contributed by atoms with Crippen molar-refractivity contribution < 1.29 is 0 Å². The van der Waals surface area contributed by atoms with Gasteiger partial charge in [-0.05, 0) is 38.5 Å². The van der Waals surface area contributed by atoms with Crippen LogP contribution in [0.4, 0.5) is 5.95 Å². The summed E-state index contributed by atoms with van der Waals surface area (Å²) < 4.78 is 3.07. The highest BCUT2D eigenvalue weighted by Gasteiger charge is 2.28. The zero-order valence-corrected chi connectivity index (χ0v) is 13.3.